The Balaban J connectivity index is 1.30. The quantitative estimate of drug-likeness (QED) is 0.447. The van der Waals surface area contributed by atoms with Crippen LogP contribution in [0.25, 0.3) is 10.9 Å². The maximum atomic E-state index is 13.0. The van der Waals surface area contributed by atoms with Crippen LogP contribution in [0.5, 0.6) is 11.5 Å². The van der Waals surface area contributed by atoms with Gasteiger partial charge >= 0.3 is 5.69 Å². The van der Waals surface area contributed by atoms with Crippen molar-refractivity contribution in [3.05, 3.63) is 68.4 Å². The van der Waals surface area contributed by atoms with Gasteiger partial charge in [0.05, 0.1) is 37.1 Å². The highest BCUT2D eigenvalue weighted by Crippen LogP contribution is 2.32. The van der Waals surface area contributed by atoms with Gasteiger partial charge in [0.2, 0.25) is 6.79 Å². The summed E-state index contributed by atoms with van der Waals surface area (Å²) in [5, 5.41) is 3.28. The molecule has 0 bridgehead atoms. The van der Waals surface area contributed by atoms with E-state index in [0.29, 0.717) is 34.5 Å². The molecular weight excluding hydrogens is 424 g/mol. The van der Waals surface area contributed by atoms with Crippen LogP contribution in [0.3, 0.4) is 0 Å². The molecule has 0 aliphatic carbocycles. The number of quaternary nitrogens is 1. The van der Waals surface area contributed by atoms with Crippen LogP contribution in [0.2, 0.25) is 0 Å². The summed E-state index contributed by atoms with van der Waals surface area (Å²) >= 11 is 0. The van der Waals surface area contributed by atoms with E-state index in [1.165, 1.54) is 25.9 Å². The summed E-state index contributed by atoms with van der Waals surface area (Å²) in [6.45, 7) is 4.37. The van der Waals surface area contributed by atoms with E-state index >= 15 is 0 Å². The van der Waals surface area contributed by atoms with E-state index < -0.39 is 11.2 Å². The largest absolute Gasteiger partial charge is 0.454 e. The third kappa shape index (κ3) is 4.49. The molecule has 1 aromatic heterocycles. The van der Waals surface area contributed by atoms with E-state index in [0.717, 1.165) is 23.1 Å². The second kappa shape index (κ2) is 9.11. The van der Waals surface area contributed by atoms with Crippen molar-refractivity contribution in [2.45, 2.75) is 25.8 Å². The van der Waals surface area contributed by atoms with Gasteiger partial charge in [0.25, 0.3) is 11.5 Å². The van der Waals surface area contributed by atoms with Crippen molar-refractivity contribution in [3.8, 4) is 11.5 Å². The van der Waals surface area contributed by atoms with E-state index in [1.54, 1.807) is 41.3 Å². The van der Waals surface area contributed by atoms with Crippen LogP contribution in [0.15, 0.2) is 46.0 Å². The normalized spacial score (nSPS) is 15.3. The third-order valence-electron chi connectivity index (χ3n) is 6.33. The fourth-order valence-corrected chi connectivity index (χ4v) is 4.53. The van der Waals surface area contributed by atoms with Gasteiger partial charge in [0, 0.05) is 31.4 Å². The number of carbonyl (C=O) groups excluding carboxylic acids is 1. The van der Waals surface area contributed by atoms with Gasteiger partial charge in [0.1, 0.15) is 0 Å². The highest BCUT2D eigenvalue weighted by Gasteiger charge is 2.17. The highest BCUT2D eigenvalue weighted by atomic mass is 16.7. The summed E-state index contributed by atoms with van der Waals surface area (Å²) < 4.78 is 11.8. The van der Waals surface area contributed by atoms with Crippen LogP contribution in [0.4, 0.5) is 0 Å². The van der Waals surface area contributed by atoms with Crippen LogP contribution >= 0.6 is 0 Å². The first-order valence-electron chi connectivity index (χ1n) is 11.4. The molecule has 172 valence electrons. The number of nitrogens with zero attached hydrogens (tertiary/aromatic N) is 1. The lowest BCUT2D eigenvalue weighted by molar-refractivity contribution is -0.887. The number of likely N-dealkylation sites (tertiary alicyclic amines) is 1. The minimum atomic E-state index is -0.531. The lowest BCUT2D eigenvalue weighted by atomic mass is 10.1. The van der Waals surface area contributed by atoms with Gasteiger partial charge < -0.3 is 24.7 Å². The Kier molecular flexibility index (Phi) is 5.87. The zero-order valence-electron chi connectivity index (χ0n) is 18.3. The Morgan fingerprint density at radius 1 is 1.06 bits per heavy atom. The van der Waals surface area contributed by atoms with Gasteiger partial charge in [0.15, 0.2) is 11.5 Å². The zero-order valence-corrected chi connectivity index (χ0v) is 18.3. The molecule has 0 radical (unpaired) electrons. The fourth-order valence-electron chi connectivity index (χ4n) is 4.53. The number of nitrogens with one attached hydrogen (secondary N) is 3. The summed E-state index contributed by atoms with van der Waals surface area (Å²) in [6.07, 6.45) is 3.50. The smallest absolute Gasteiger partial charge is 0.329 e. The maximum absolute atomic E-state index is 13.0. The average Bonchev–Trinajstić information content (AvgIpc) is 3.50. The van der Waals surface area contributed by atoms with E-state index in [-0.39, 0.29) is 19.2 Å². The van der Waals surface area contributed by atoms with Gasteiger partial charge in [-0.1, -0.05) is 6.07 Å². The van der Waals surface area contributed by atoms with Crippen molar-refractivity contribution < 1.29 is 19.2 Å². The van der Waals surface area contributed by atoms with Crippen LogP contribution in [0.1, 0.15) is 35.2 Å². The van der Waals surface area contributed by atoms with Gasteiger partial charge in [-0.2, -0.15) is 0 Å². The molecule has 1 saturated heterocycles. The number of ether oxygens (including phenoxy) is 2. The van der Waals surface area contributed by atoms with Crippen molar-refractivity contribution in [1.29, 1.82) is 0 Å². The summed E-state index contributed by atoms with van der Waals surface area (Å²) in [6, 6.07) is 10.1. The van der Waals surface area contributed by atoms with Crippen molar-refractivity contribution in [1.82, 2.24) is 14.9 Å². The standard InChI is InChI=1S/C24H26N4O5/c29-22(25-8-3-11-27-9-1-2-10-27)17-5-6-18-19(13-17)26-24(31)28(23(18)30)14-16-4-7-20-21(12-16)33-15-32-20/h4-7,12-13H,1-3,8-11,14-15H2,(H,25,29)(H,26,31)/p+1. The van der Waals surface area contributed by atoms with Gasteiger partial charge in [-0.3, -0.25) is 14.2 Å². The van der Waals surface area contributed by atoms with Crippen LogP contribution < -0.4 is 30.9 Å². The monoisotopic (exact) mass is 451 g/mol. The maximum Gasteiger partial charge on any atom is 0.329 e. The highest BCUT2D eigenvalue weighted by molar-refractivity contribution is 5.97. The topological polar surface area (TPSA) is 107 Å². The summed E-state index contributed by atoms with van der Waals surface area (Å²) in [7, 11) is 0. The van der Waals surface area contributed by atoms with Gasteiger partial charge in [-0.25, -0.2) is 4.79 Å². The van der Waals surface area contributed by atoms with Crippen LogP contribution in [-0.4, -0.2) is 48.4 Å². The molecule has 0 saturated carbocycles. The molecule has 0 atom stereocenters. The first-order valence-corrected chi connectivity index (χ1v) is 11.4. The fraction of sp³-hybridized carbons (Fsp3) is 0.375. The third-order valence-corrected chi connectivity index (χ3v) is 6.33. The van der Waals surface area contributed by atoms with Crippen molar-refractivity contribution in [2.75, 3.05) is 33.0 Å². The Morgan fingerprint density at radius 2 is 1.88 bits per heavy atom. The molecule has 9 heteroatoms. The van der Waals surface area contributed by atoms with E-state index in [1.807, 2.05) is 0 Å². The molecule has 0 unspecified atom stereocenters. The molecule has 1 fully saturated rings. The number of H-pyrrole nitrogens is 1. The Hall–Kier alpha value is -3.59. The number of carbonyl (C=O) groups is 1. The molecule has 5 rings (SSSR count). The molecule has 2 aromatic carbocycles. The first-order chi connectivity index (χ1) is 16.1. The molecule has 2 aliphatic heterocycles. The minimum Gasteiger partial charge on any atom is -0.454 e. The SMILES string of the molecule is O=C(NCCC[NH+]1CCCC1)c1ccc2c(=O)n(Cc3ccc4c(c3)OCO4)c(=O)[nH]c2c1. The number of rotatable bonds is 7. The van der Waals surface area contributed by atoms with E-state index in [4.69, 9.17) is 9.47 Å². The Morgan fingerprint density at radius 3 is 2.73 bits per heavy atom. The number of hydrogen-bond donors (Lipinski definition) is 3. The predicted octanol–water partition coefficient (Wildman–Crippen LogP) is 0.265. The molecule has 1 amide bonds. The molecule has 3 N–H and O–H groups in total. The zero-order chi connectivity index (χ0) is 22.8. The van der Waals surface area contributed by atoms with Crippen molar-refractivity contribution >= 4 is 16.8 Å². The molecule has 9 nitrogen and oxygen atoms in total. The van der Waals surface area contributed by atoms with Crippen molar-refractivity contribution in [3.63, 3.8) is 0 Å². The first kappa shape index (κ1) is 21.3. The Labute approximate surface area is 189 Å². The van der Waals surface area contributed by atoms with E-state index in [9.17, 15) is 14.4 Å². The lowest BCUT2D eigenvalue weighted by Crippen LogP contribution is -3.10. The number of hydrogen-bond acceptors (Lipinski definition) is 5. The van der Waals surface area contributed by atoms with Gasteiger partial charge in [-0.15, -0.1) is 0 Å². The van der Waals surface area contributed by atoms with Gasteiger partial charge in [-0.05, 0) is 35.9 Å². The molecule has 2 aliphatic rings. The number of fused-ring (bicyclic) bond motifs is 2. The summed E-state index contributed by atoms with van der Waals surface area (Å²) in [5.41, 5.74) is 0.571. The van der Waals surface area contributed by atoms with Crippen molar-refractivity contribution in [2.24, 2.45) is 0 Å². The van der Waals surface area contributed by atoms with E-state index in [2.05, 4.69) is 10.3 Å². The lowest BCUT2D eigenvalue weighted by Gasteiger charge is -2.12. The number of aromatic amines is 1. The number of benzene rings is 2. The van der Waals surface area contributed by atoms with Crippen LogP contribution in [-0.2, 0) is 6.54 Å². The molecule has 3 aromatic rings. The number of aromatic nitrogens is 2. The minimum absolute atomic E-state index is 0.0992. The summed E-state index contributed by atoms with van der Waals surface area (Å²) in [4.78, 5) is 42.5. The predicted molar refractivity (Wildman–Crippen MR) is 122 cm³/mol. The molecule has 33 heavy (non-hydrogen) atoms. The number of amides is 1. The molecule has 0 spiro atoms. The Bertz CT molecular complexity index is 1310. The second-order valence-electron chi connectivity index (χ2n) is 8.59. The molecule has 3 heterocycles. The molecular formula is C24H27N4O5+. The average molecular weight is 452 g/mol. The second-order valence-corrected chi connectivity index (χ2v) is 8.59. The van der Waals surface area contributed by atoms with Crippen LogP contribution in [0, 0.1) is 0 Å². The summed E-state index contributed by atoms with van der Waals surface area (Å²) in [5.74, 6) is 1.02.